The van der Waals surface area contributed by atoms with Crippen molar-refractivity contribution in [3.63, 3.8) is 0 Å². The molecule has 0 bridgehead atoms. The molecule has 2 rings (SSSR count). The SMILES string of the molecule is CCCCCCCCC(CCCC1(C)COC1)C(OCCC)(OCCC)c1ccccc1. The van der Waals surface area contributed by atoms with Gasteiger partial charge in [-0.15, -0.1) is 0 Å². The maximum Gasteiger partial charge on any atom is 0.197 e. The van der Waals surface area contributed by atoms with Crippen molar-refractivity contribution in [2.24, 2.45) is 11.3 Å². The van der Waals surface area contributed by atoms with Crippen molar-refractivity contribution in [2.75, 3.05) is 26.4 Å². The van der Waals surface area contributed by atoms with Crippen LogP contribution in [-0.4, -0.2) is 26.4 Å². The molecule has 1 aromatic rings. The summed E-state index contributed by atoms with van der Waals surface area (Å²) in [4.78, 5) is 0. The topological polar surface area (TPSA) is 27.7 Å². The summed E-state index contributed by atoms with van der Waals surface area (Å²) in [5, 5.41) is 0. The lowest BCUT2D eigenvalue weighted by molar-refractivity contribution is -0.281. The highest BCUT2D eigenvalue weighted by Gasteiger charge is 2.42. The second-order valence-corrected chi connectivity index (χ2v) is 10.2. The Morgan fingerprint density at radius 2 is 1.41 bits per heavy atom. The van der Waals surface area contributed by atoms with Crippen LogP contribution in [0.3, 0.4) is 0 Å². The zero-order valence-corrected chi connectivity index (χ0v) is 21.5. The van der Waals surface area contributed by atoms with Crippen LogP contribution in [0.15, 0.2) is 30.3 Å². The molecule has 1 atom stereocenters. The molecule has 3 heteroatoms. The van der Waals surface area contributed by atoms with Crippen LogP contribution in [0.5, 0.6) is 0 Å². The second kappa shape index (κ2) is 15.1. The highest BCUT2D eigenvalue weighted by atomic mass is 16.7. The standard InChI is InChI=1S/C29H50O3/c1-5-8-9-10-11-13-17-27(20-16-21-28(4)24-30-25-28)29(31-22-6-2,32-23-7-3)26-18-14-12-15-19-26/h12,14-15,18-19,27H,5-11,13,16-17,20-25H2,1-4H3. The summed E-state index contributed by atoms with van der Waals surface area (Å²) in [6.45, 7) is 12.3. The molecule has 1 unspecified atom stereocenters. The van der Waals surface area contributed by atoms with Gasteiger partial charge in [0.15, 0.2) is 5.79 Å². The van der Waals surface area contributed by atoms with Crippen molar-refractivity contribution in [1.82, 2.24) is 0 Å². The lowest BCUT2D eigenvalue weighted by atomic mass is 9.78. The Bertz CT molecular complexity index is 573. The molecular weight excluding hydrogens is 396 g/mol. The number of rotatable bonds is 19. The van der Waals surface area contributed by atoms with E-state index in [1.54, 1.807) is 0 Å². The molecule has 3 nitrogen and oxygen atoms in total. The predicted molar refractivity (Wildman–Crippen MR) is 135 cm³/mol. The van der Waals surface area contributed by atoms with E-state index in [0.29, 0.717) is 11.3 Å². The minimum Gasteiger partial charge on any atom is -0.380 e. The quantitative estimate of drug-likeness (QED) is 0.158. The van der Waals surface area contributed by atoms with Crippen LogP contribution in [0.1, 0.15) is 110 Å². The van der Waals surface area contributed by atoms with Crippen LogP contribution in [0.4, 0.5) is 0 Å². The molecule has 1 fully saturated rings. The molecule has 1 aliphatic heterocycles. The third-order valence-electron chi connectivity index (χ3n) is 6.89. The summed E-state index contributed by atoms with van der Waals surface area (Å²) >= 11 is 0. The molecule has 1 heterocycles. The van der Waals surface area contributed by atoms with Gasteiger partial charge in [-0.2, -0.15) is 0 Å². The number of ether oxygens (including phenoxy) is 3. The Hall–Kier alpha value is -0.900. The van der Waals surface area contributed by atoms with Gasteiger partial charge in [0.2, 0.25) is 0 Å². The molecule has 1 aliphatic rings. The highest BCUT2D eigenvalue weighted by Crippen LogP contribution is 2.43. The number of benzene rings is 1. The number of hydrogen-bond acceptors (Lipinski definition) is 3. The van der Waals surface area contributed by atoms with Gasteiger partial charge in [-0.1, -0.05) is 103 Å². The van der Waals surface area contributed by atoms with Crippen LogP contribution < -0.4 is 0 Å². The smallest absolute Gasteiger partial charge is 0.197 e. The maximum atomic E-state index is 6.70. The minimum absolute atomic E-state index is 0.370. The molecule has 0 amide bonds. The third-order valence-corrected chi connectivity index (χ3v) is 6.89. The average Bonchev–Trinajstić information content (AvgIpc) is 2.80. The zero-order valence-electron chi connectivity index (χ0n) is 21.5. The molecule has 0 aliphatic carbocycles. The van der Waals surface area contributed by atoms with E-state index in [1.807, 2.05) is 0 Å². The van der Waals surface area contributed by atoms with Gasteiger partial charge in [0.25, 0.3) is 0 Å². The van der Waals surface area contributed by atoms with Gasteiger partial charge in [-0.3, -0.25) is 0 Å². The molecule has 0 N–H and O–H groups in total. The third kappa shape index (κ3) is 8.47. The summed E-state index contributed by atoms with van der Waals surface area (Å²) in [6.07, 6.45) is 14.7. The minimum atomic E-state index is -0.631. The molecule has 0 saturated carbocycles. The summed E-state index contributed by atoms with van der Waals surface area (Å²) in [7, 11) is 0. The van der Waals surface area contributed by atoms with Crippen LogP contribution in [0.25, 0.3) is 0 Å². The van der Waals surface area contributed by atoms with E-state index < -0.39 is 5.79 Å². The largest absolute Gasteiger partial charge is 0.380 e. The van der Waals surface area contributed by atoms with Crippen molar-refractivity contribution >= 4 is 0 Å². The summed E-state index contributed by atoms with van der Waals surface area (Å²) in [6, 6.07) is 10.8. The fourth-order valence-electron chi connectivity index (χ4n) is 4.92. The first kappa shape index (κ1) is 27.3. The summed E-state index contributed by atoms with van der Waals surface area (Å²) < 4.78 is 18.9. The zero-order chi connectivity index (χ0) is 23.1. The molecular formula is C29H50O3. The Balaban J connectivity index is 2.18. The molecule has 184 valence electrons. The first-order chi connectivity index (χ1) is 15.6. The van der Waals surface area contributed by atoms with Gasteiger partial charge in [-0.25, -0.2) is 0 Å². The van der Waals surface area contributed by atoms with Crippen molar-refractivity contribution in [1.29, 1.82) is 0 Å². The fraction of sp³-hybridized carbons (Fsp3) is 0.793. The van der Waals surface area contributed by atoms with Gasteiger partial charge >= 0.3 is 0 Å². The van der Waals surface area contributed by atoms with Crippen LogP contribution in [0, 0.1) is 11.3 Å². The maximum absolute atomic E-state index is 6.70. The van der Waals surface area contributed by atoms with Gasteiger partial charge in [-0.05, 0) is 32.1 Å². The first-order valence-electron chi connectivity index (χ1n) is 13.5. The van der Waals surface area contributed by atoms with Crippen molar-refractivity contribution < 1.29 is 14.2 Å². The summed E-state index contributed by atoms with van der Waals surface area (Å²) in [5.41, 5.74) is 1.56. The van der Waals surface area contributed by atoms with E-state index >= 15 is 0 Å². The average molecular weight is 447 g/mol. The Labute approximate surface area is 198 Å². The van der Waals surface area contributed by atoms with Crippen molar-refractivity contribution in [3.8, 4) is 0 Å². The lowest BCUT2D eigenvalue weighted by Gasteiger charge is -2.42. The first-order valence-corrected chi connectivity index (χ1v) is 13.5. The van der Waals surface area contributed by atoms with Gasteiger partial charge < -0.3 is 14.2 Å². The Kier molecular flexibility index (Phi) is 12.9. The molecule has 0 spiro atoms. The van der Waals surface area contributed by atoms with E-state index in [1.165, 1.54) is 63.4 Å². The van der Waals surface area contributed by atoms with Gasteiger partial charge in [0, 0.05) is 16.9 Å². The van der Waals surface area contributed by atoms with Crippen molar-refractivity contribution in [2.45, 2.75) is 111 Å². The van der Waals surface area contributed by atoms with E-state index in [9.17, 15) is 0 Å². The molecule has 0 radical (unpaired) electrons. The predicted octanol–water partition coefficient (Wildman–Crippen LogP) is 8.27. The summed E-state index contributed by atoms with van der Waals surface area (Å²) in [5.74, 6) is -0.257. The van der Waals surface area contributed by atoms with E-state index in [2.05, 4.69) is 58.0 Å². The second-order valence-electron chi connectivity index (χ2n) is 10.2. The van der Waals surface area contributed by atoms with Gasteiger partial charge in [0.05, 0.1) is 26.4 Å². The van der Waals surface area contributed by atoms with Crippen LogP contribution >= 0.6 is 0 Å². The van der Waals surface area contributed by atoms with E-state index in [4.69, 9.17) is 14.2 Å². The van der Waals surface area contributed by atoms with Crippen molar-refractivity contribution in [3.05, 3.63) is 35.9 Å². The normalized spacial score (nSPS) is 16.6. The van der Waals surface area contributed by atoms with E-state index in [0.717, 1.165) is 45.7 Å². The lowest BCUT2D eigenvalue weighted by Crippen LogP contribution is -2.43. The molecule has 0 aromatic heterocycles. The van der Waals surface area contributed by atoms with Crippen LogP contribution in [-0.2, 0) is 20.0 Å². The molecule has 1 saturated heterocycles. The van der Waals surface area contributed by atoms with E-state index in [-0.39, 0.29) is 0 Å². The highest BCUT2D eigenvalue weighted by molar-refractivity contribution is 5.21. The monoisotopic (exact) mass is 446 g/mol. The van der Waals surface area contributed by atoms with Gasteiger partial charge in [0.1, 0.15) is 0 Å². The van der Waals surface area contributed by atoms with Crippen LogP contribution in [0.2, 0.25) is 0 Å². The Morgan fingerprint density at radius 1 is 0.812 bits per heavy atom. The Morgan fingerprint density at radius 3 is 1.97 bits per heavy atom. The fourth-order valence-corrected chi connectivity index (χ4v) is 4.92. The molecule has 32 heavy (non-hydrogen) atoms. The molecule has 1 aromatic carbocycles. The number of hydrogen-bond donors (Lipinski definition) is 0. The number of unbranched alkanes of at least 4 members (excludes halogenated alkanes) is 5.